The van der Waals surface area contributed by atoms with Crippen molar-refractivity contribution in [3.63, 3.8) is 0 Å². The number of oxazole rings is 1. The molecule has 23 heavy (non-hydrogen) atoms. The van der Waals surface area contributed by atoms with Gasteiger partial charge in [0.05, 0.1) is 5.69 Å². The van der Waals surface area contributed by atoms with E-state index in [9.17, 15) is 0 Å². The number of para-hydroxylation sites is 1. The molecule has 0 aliphatic heterocycles. The van der Waals surface area contributed by atoms with Gasteiger partial charge in [0.15, 0.2) is 0 Å². The fourth-order valence-electron chi connectivity index (χ4n) is 2.28. The third-order valence-electron chi connectivity index (χ3n) is 3.49. The van der Waals surface area contributed by atoms with Gasteiger partial charge >= 0.3 is 0 Å². The van der Waals surface area contributed by atoms with Crippen molar-refractivity contribution in [2.45, 2.75) is 6.54 Å². The van der Waals surface area contributed by atoms with E-state index in [4.69, 9.17) is 9.15 Å². The van der Waals surface area contributed by atoms with Crippen LogP contribution in [0.4, 0.5) is 0 Å². The average Bonchev–Trinajstić information content (AvgIpc) is 3.05. The summed E-state index contributed by atoms with van der Waals surface area (Å²) in [5.41, 5.74) is 1.92. The summed E-state index contributed by atoms with van der Waals surface area (Å²) in [4.78, 5) is 6.70. The molecule has 0 unspecified atom stereocenters. The van der Waals surface area contributed by atoms with Crippen molar-refractivity contribution in [2.24, 2.45) is 0 Å². The standard InChI is InChI=1S/C19H20N2O2/c1-21(12-13-22-18-10-6-3-7-11-18)14-17-15-23-19(20-17)16-8-4-2-5-9-16/h2-11,15H,12-14H2,1H3. The molecule has 3 aromatic rings. The highest BCUT2D eigenvalue weighted by molar-refractivity contribution is 5.52. The van der Waals surface area contributed by atoms with Gasteiger partial charge < -0.3 is 9.15 Å². The molecule has 0 spiro atoms. The molecular weight excluding hydrogens is 288 g/mol. The van der Waals surface area contributed by atoms with Gasteiger partial charge in [0.25, 0.3) is 0 Å². The highest BCUT2D eigenvalue weighted by Crippen LogP contribution is 2.18. The summed E-state index contributed by atoms with van der Waals surface area (Å²) in [7, 11) is 2.05. The van der Waals surface area contributed by atoms with Gasteiger partial charge in [-0.2, -0.15) is 0 Å². The van der Waals surface area contributed by atoms with Gasteiger partial charge in [-0.3, -0.25) is 4.90 Å². The van der Waals surface area contributed by atoms with Gasteiger partial charge in [-0.1, -0.05) is 36.4 Å². The van der Waals surface area contributed by atoms with Crippen molar-refractivity contribution in [2.75, 3.05) is 20.2 Å². The van der Waals surface area contributed by atoms with Gasteiger partial charge in [-0.25, -0.2) is 4.98 Å². The predicted octanol–water partition coefficient (Wildman–Crippen LogP) is 3.85. The van der Waals surface area contributed by atoms with Crippen LogP contribution in [0.1, 0.15) is 5.69 Å². The number of nitrogens with zero attached hydrogens (tertiary/aromatic N) is 2. The zero-order valence-electron chi connectivity index (χ0n) is 13.2. The summed E-state index contributed by atoms with van der Waals surface area (Å²) in [5, 5.41) is 0. The molecule has 4 heteroatoms. The second-order valence-corrected chi connectivity index (χ2v) is 5.41. The highest BCUT2D eigenvalue weighted by Gasteiger charge is 2.08. The number of hydrogen-bond donors (Lipinski definition) is 0. The van der Waals surface area contributed by atoms with Gasteiger partial charge in [-0.15, -0.1) is 0 Å². The molecule has 1 heterocycles. The Labute approximate surface area is 136 Å². The maximum atomic E-state index is 5.70. The maximum Gasteiger partial charge on any atom is 0.226 e. The summed E-state index contributed by atoms with van der Waals surface area (Å²) in [6, 6.07) is 19.8. The molecule has 0 aliphatic carbocycles. The van der Waals surface area contributed by atoms with Gasteiger partial charge in [0.1, 0.15) is 18.6 Å². The topological polar surface area (TPSA) is 38.5 Å². The normalized spacial score (nSPS) is 10.9. The molecule has 0 N–H and O–H groups in total. The molecule has 0 saturated heterocycles. The third kappa shape index (κ3) is 4.44. The van der Waals surface area contributed by atoms with Crippen LogP contribution >= 0.6 is 0 Å². The number of benzene rings is 2. The molecule has 0 bridgehead atoms. The molecule has 0 radical (unpaired) electrons. The van der Waals surface area contributed by atoms with Crippen molar-refractivity contribution in [1.82, 2.24) is 9.88 Å². The molecule has 1 aromatic heterocycles. The van der Waals surface area contributed by atoms with Crippen molar-refractivity contribution in [3.05, 3.63) is 72.6 Å². The van der Waals surface area contributed by atoms with Crippen molar-refractivity contribution in [1.29, 1.82) is 0 Å². The van der Waals surface area contributed by atoms with Crippen LogP contribution in [0.3, 0.4) is 0 Å². The number of aromatic nitrogens is 1. The van der Waals surface area contributed by atoms with Crippen LogP contribution in [0, 0.1) is 0 Å². The second kappa shape index (κ2) is 7.61. The van der Waals surface area contributed by atoms with Crippen LogP contribution < -0.4 is 4.74 Å². The van der Waals surface area contributed by atoms with Crippen molar-refractivity contribution >= 4 is 0 Å². The SMILES string of the molecule is CN(CCOc1ccccc1)Cc1coc(-c2ccccc2)n1. The van der Waals surface area contributed by atoms with Gasteiger partial charge in [0.2, 0.25) is 5.89 Å². The van der Waals surface area contributed by atoms with E-state index in [2.05, 4.69) is 9.88 Å². The summed E-state index contributed by atoms with van der Waals surface area (Å²) in [5.74, 6) is 1.56. The van der Waals surface area contributed by atoms with E-state index < -0.39 is 0 Å². The summed E-state index contributed by atoms with van der Waals surface area (Å²) in [6.45, 7) is 2.20. The molecule has 0 aliphatic rings. The van der Waals surface area contributed by atoms with Crippen molar-refractivity contribution < 1.29 is 9.15 Å². The maximum absolute atomic E-state index is 5.70. The molecular formula is C19H20N2O2. The first-order valence-corrected chi connectivity index (χ1v) is 7.67. The minimum absolute atomic E-state index is 0.643. The van der Waals surface area contributed by atoms with Crippen LogP contribution in [-0.4, -0.2) is 30.1 Å². The number of likely N-dealkylation sites (N-methyl/N-ethyl adjacent to an activating group) is 1. The molecule has 2 aromatic carbocycles. The van der Waals surface area contributed by atoms with E-state index in [1.54, 1.807) is 6.26 Å². The Hall–Kier alpha value is -2.59. The Kier molecular flexibility index (Phi) is 5.06. The van der Waals surface area contributed by atoms with Crippen LogP contribution in [0.25, 0.3) is 11.5 Å². The number of ether oxygens (including phenoxy) is 1. The zero-order valence-corrected chi connectivity index (χ0v) is 13.2. The predicted molar refractivity (Wildman–Crippen MR) is 90.2 cm³/mol. The van der Waals surface area contributed by atoms with Crippen LogP contribution in [0.2, 0.25) is 0 Å². The molecule has 118 valence electrons. The van der Waals surface area contributed by atoms with Crippen LogP contribution in [0.15, 0.2) is 71.3 Å². The molecule has 3 rings (SSSR count). The van der Waals surface area contributed by atoms with Crippen LogP contribution in [-0.2, 0) is 6.54 Å². The minimum Gasteiger partial charge on any atom is -0.492 e. The Morgan fingerprint density at radius 1 is 1.00 bits per heavy atom. The third-order valence-corrected chi connectivity index (χ3v) is 3.49. The average molecular weight is 308 g/mol. The van der Waals surface area contributed by atoms with Gasteiger partial charge in [-0.05, 0) is 31.3 Å². The van der Waals surface area contributed by atoms with Gasteiger partial charge in [0, 0.05) is 18.7 Å². The lowest BCUT2D eigenvalue weighted by Crippen LogP contribution is -2.24. The molecule has 0 amide bonds. The largest absolute Gasteiger partial charge is 0.492 e. The monoisotopic (exact) mass is 308 g/mol. The Balaban J connectivity index is 1.48. The lowest BCUT2D eigenvalue weighted by molar-refractivity contribution is 0.231. The van der Waals surface area contributed by atoms with E-state index in [0.717, 1.165) is 30.1 Å². The lowest BCUT2D eigenvalue weighted by atomic mass is 10.2. The quantitative estimate of drug-likeness (QED) is 0.664. The number of hydrogen-bond acceptors (Lipinski definition) is 4. The Morgan fingerprint density at radius 3 is 2.43 bits per heavy atom. The van der Waals surface area contributed by atoms with E-state index in [1.165, 1.54) is 0 Å². The van der Waals surface area contributed by atoms with Crippen LogP contribution in [0.5, 0.6) is 5.75 Å². The zero-order chi connectivity index (χ0) is 15.9. The first-order chi connectivity index (χ1) is 11.3. The molecule has 0 fully saturated rings. The van der Waals surface area contributed by atoms with E-state index in [1.807, 2.05) is 67.7 Å². The smallest absolute Gasteiger partial charge is 0.226 e. The summed E-state index contributed by atoms with van der Waals surface area (Å²) < 4.78 is 11.3. The fraction of sp³-hybridized carbons (Fsp3) is 0.211. The highest BCUT2D eigenvalue weighted by atomic mass is 16.5. The molecule has 4 nitrogen and oxygen atoms in total. The first kappa shape index (κ1) is 15.3. The molecule has 0 atom stereocenters. The van der Waals surface area contributed by atoms with E-state index >= 15 is 0 Å². The first-order valence-electron chi connectivity index (χ1n) is 7.67. The van der Waals surface area contributed by atoms with E-state index in [0.29, 0.717) is 12.5 Å². The minimum atomic E-state index is 0.643. The Morgan fingerprint density at radius 2 is 1.70 bits per heavy atom. The Bertz CT molecular complexity index is 711. The lowest BCUT2D eigenvalue weighted by Gasteiger charge is -2.15. The summed E-state index contributed by atoms with van der Waals surface area (Å²) >= 11 is 0. The van der Waals surface area contributed by atoms with Crippen molar-refractivity contribution in [3.8, 4) is 17.2 Å². The number of rotatable bonds is 7. The fourth-order valence-corrected chi connectivity index (χ4v) is 2.28. The molecule has 0 saturated carbocycles. The second-order valence-electron chi connectivity index (χ2n) is 5.41. The van der Waals surface area contributed by atoms with E-state index in [-0.39, 0.29) is 0 Å². The summed E-state index contributed by atoms with van der Waals surface area (Å²) in [6.07, 6.45) is 1.72.